The maximum Gasteiger partial charge on any atom is 0.237 e. The van der Waals surface area contributed by atoms with Crippen molar-refractivity contribution in [2.75, 3.05) is 6.54 Å². The number of rotatable bonds is 6. The van der Waals surface area contributed by atoms with E-state index in [2.05, 4.69) is 15.5 Å². The van der Waals surface area contributed by atoms with Crippen LogP contribution < -0.4 is 11.1 Å². The molecule has 0 bridgehead atoms. The smallest absolute Gasteiger partial charge is 0.237 e. The van der Waals surface area contributed by atoms with Crippen molar-refractivity contribution < 1.29 is 14.4 Å². The van der Waals surface area contributed by atoms with Gasteiger partial charge in [0.05, 0.1) is 6.04 Å². The average molecular weight is 290 g/mol. The fourth-order valence-electron chi connectivity index (χ4n) is 1.84. The maximum atomic E-state index is 11.9. The summed E-state index contributed by atoms with van der Waals surface area (Å²) in [7, 11) is 0. The van der Waals surface area contributed by atoms with Crippen molar-refractivity contribution in [3.8, 4) is 5.75 Å². The minimum absolute atomic E-state index is 0.187. The van der Waals surface area contributed by atoms with Gasteiger partial charge in [0.25, 0.3) is 0 Å². The number of nitrogens with one attached hydrogen (secondary N) is 1. The lowest BCUT2D eigenvalue weighted by Gasteiger charge is -2.11. The number of nitrogens with zero attached hydrogens (tertiary/aromatic N) is 2. The van der Waals surface area contributed by atoms with Gasteiger partial charge in [-0.05, 0) is 31.0 Å². The lowest BCUT2D eigenvalue weighted by atomic mass is 10.1. The molecule has 112 valence electrons. The molecule has 2 aromatic rings. The predicted octanol–water partition coefficient (Wildman–Crippen LogP) is 0.312. The topological polar surface area (TPSA) is 114 Å². The molecule has 1 heterocycles. The fraction of sp³-hybridized carbons (Fsp3) is 0.357. The van der Waals surface area contributed by atoms with Crippen molar-refractivity contribution in [3.63, 3.8) is 0 Å². The number of hydrogen-bond acceptors (Lipinski definition) is 6. The Morgan fingerprint density at radius 1 is 1.43 bits per heavy atom. The molecule has 0 spiro atoms. The zero-order valence-electron chi connectivity index (χ0n) is 11.7. The Morgan fingerprint density at radius 2 is 2.14 bits per heavy atom. The summed E-state index contributed by atoms with van der Waals surface area (Å²) in [5.74, 6) is 1.01. The Bertz CT molecular complexity index is 595. The summed E-state index contributed by atoms with van der Waals surface area (Å²) < 4.78 is 4.95. The van der Waals surface area contributed by atoms with Crippen LogP contribution in [-0.4, -0.2) is 33.7 Å². The van der Waals surface area contributed by atoms with Crippen molar-refractivity contribution in [2.45, 2.75) is 25.8 Å². The van der Waals surface area contributed by atoms with E-state index in [-0.39, 0.29) is 11.7 Å². The molecule has 0 aliphatic carbocycles. The SMILES string of the molecule is Cc1noc(CCNC(=O)C(N)Cc2ccc(O)cc2)n1. The average Bonchev–Trinajstić information content (AvgIpc) is 2.87. The number of aromatic nitrogens is 2. The number of carbonyl (C=O) groups excluding carboxylic acids is 1. The van der Waals surface area contributed by atoms with E-state index in [1.54, 1.807) is 31.2 Å². The van der Waals surface area contributed by atoms with Crippen LogP contribution in [0.3, 0.4) is 0 Å². The van der Waals surface area contributed by atoms with Crippen LogP contribution in [0, 0.1) is 6.92 Å². The molecular weight excluding hydrogens is 272 g/mol. The van der Waals surface area contributed by atoms with Crippen molar-refractivity contribution in [3.05, 3.63) is 41.5 Å². The maximum absolute atomic E-state index is 11.9. The van der Waals surface area contributed by atoms with Gasteiger partial charge >= 0.3 is 0 Å². The molecule has 21 heavy (non-hydrogen) atoms. The number of benzene rings is 1. The Labute approximate surface area is 122 Å². The van der Waals surface area contributed by atoms with E-state index < -0.39 is 6.04 Å². The van der Waals surface area contributed by atoms with Crippen LogP contribution in [0.25, 0.3) is 0 Å². The van der Waals surface area contributed by atoms with Crippen LogP contribution in [0.2, 0.25) is 0 Å². The van der Waals surface area contributed by atoms with E-state index in [4.69, 9.17) is 10.3 Å². The van der Waals surface area contributed by atoms with Gasteiger partial charge in [-0.15, -0.1) is 0 Å². The van der Waals surface area contributed by atoms with E-state index >= 15 is 0 Å². The molecule has 1 aromatic heterocycles. The molecule has 0 saturated carbocycles. The highest BCUT2D eigenvalue weighted by Crippen LogP contribution is 2.10. The molecule has 0 aliphatic rings. The summed E-state index contributed by atoms with van der Waals surface area (Å²) in [4.78, 5) is 15.9. The second-order valence-corrected chi connectivity index (χ2v) is 4.75. The van der Waals surface area contributed by atoms with Crippen LogP contribution in [0.4, 0.5) is 0 Å². The van der Waals surface area contributed by atoms with Crippen LogP contribution >= 0.6 is 0 Å². The molecule has 0 fully saturated rings. The summed E-state index contributed by atoms with van der Waals surface area (Å²) in [5.41, 5.74) is 6.74. The normalized spacial score (nSPS) is 12.1. The van der Waals surface area contributed by atoms with Crippen molar-refractivity contribution in [1.29, 1.82) is 0 Å². The summed E-state index contributed by atoms with van der Waals surface area (Å²) in [6, 6.07) is 5.97. The number of phenolic OH excluding ortho intramolecular Hbond substituents is 1. The van der Waals surface area contributed by atoms with E-state index in [0.29, 0.717) is 31.1 Å². The Morgan fingerprint density at radius 3 is 2.76 bits per heavy atom. The third-order valence-electron chi connectivity index (χ3n) is 2.94. The first-order chi connectivity index (χ1) is 10.0. The molecule has 1 aromatic carbocycles. The zero-order chi connectivity index (χ0) is 15.2. The van der Waals surface area contributed by atoms with Crippen LogP contribution in [-0.2, 0) is 17.6 Å². The van der Waals surface area contributed by atoms with E-state index in [0.717, 1.165) is 5.56 Å². The summed E-state index contributed by atoms with van der Waals surface area (Å²) in [5, 5.41) is 15.6. The highest BCUT2D eigenvalue weighted by atomic mass is 16.5. The molecule has 2 rings (SSSR count). The van der Waals surface area contributed by atoms with Crippen molar-refractivity contribution >= 4 is 5.91 Å². The Hall–Kier alpha value is -2.41. The van der Waals surface area contributed by atoms with Crippen LogP contribution in [0.1, 0.15) is 17.3 Å². The first-order valence-electron chi connectivity index (χ1n) is 6.65. The molecule has 7 nitrogen and oxygen atoms in total. The van der Waals surface area contributed by atoms with E-state index in [1.165, 1.54) is 0 Å². The van der Waals surface area contributed by atoms with Crippen molar-refractivity contribution in [2.24, 2.45) is 5.73 Å². The van der Waals surface area contributed by atoms with Gasteiger partial charge in [0.15, 0.2) is 5.82 Å². The Balaban J connectivity index is 1.75. The Kier molecular flexibility index (Phi) is 4.89. The molecule has 0 radical (unpaired) electrons. The fourth-order valence-corrected chi connectivity index (χ4v) is 1.84. The van der Waals surface area contributed by atoms with Gasteiger partial charge in [0.1, 0.15) is 5.75 Å². The molecule has 0 aliphatic heterocycles. The molecule has 0 saturated heterocycles. The van der Waals surface area contributed by atoms with Gasteiger partial charge in [0, 0.05) is 13.0 Å². The lowest BCUT2D eigenvalue weighted by Crippen LogP contribution is -2.42. The predicted molar refractivity (Wildman–Crippen MR) is 75.5 cm³/mol. The largest absolute Gasteiger partial charge is 0.508 e. The molecule has 1 atom stereocenters. The molecule has 1 unspecified atom stereocenters. The third-order valence-corrected chi connectivity index (χ3v) is 2.94. The van der Waals surface area contributed by atoms with Crippen LogP contribution in [0.15, 0.2) is 28.8 Å². The minimum atomic E-state index is -0.640. The van der Waals surface area contributed by atoms with Gasteiger partial charge in [-0.25, -0.2) is 0 Å². The van der Waals surface area contributed by atoms with Gasteiger partial charge in [-0.2, -0.15) is 4.98 Å². The first-order valence-corrected chi connectivity index (χ1v) is 6.65. The zero-order valence-corrected chi connectivity index (χ0v) is 11.7. The number of carbonyl (C=O) groups is 1. The number of aromatic hydroxyl groups is 1. The lowest BCUT2D eigenvalue weighted by molar-refractivity contribution is -0.122. The minimum Gasteiger partial charge on any atom is -0.508 e. The summed E-state index contributed by atoms with van der Waals surface area (Å²) in [6.07, 6.45) is 0.879. The van der Waals surface area contributed by atoms with Gasteiger partial charge in [-0.1, -0.05) is 17.3 Å². The number of hydrogen-bond donors (Lipinski definition) is 3. The monoisotopic (exact) mass is 290 g/mol. The number of aryl methyl sites for hydroxylation is 1. The highest BCUT2D eigenvalue weighted by Gasteiger charge is 2.14. The molecule has 7 heteroatoms. The summed E-state index contributed by atoms with van der Waals surface area (Å²) in [6.45, 7) is 2.13. The number of phenols is 1. The standard InChI is InChI=1S/C14H18N4O3/c1-9-17-13(21-18-9)6-7-16-14(20)12(15)8-10-2-4-11(19)5-3-10/h2-5,12,19H,6-8,15H2,1H3,(H,16,20). The number of amides is 1. The number of nitrogens with two attached hydrogens (primary N) is 1. The third kappa shape index (κ3) is 4.57. The van der Waals surface area contributed by atoms with Gasteiger partial charge in [-0.3, -0.25) is 4.79 Å². The quantitative estimate of drug-likeness (QED) is 0.705. The second-order valence-electron chi connectivity index (χ2n) is 4.75. The van der Waals surface area contributed by atoms with E-state index in [1.807, 2.05) is 0 Å². The van der Waals surface area contributed by atoms with Gasteiger partial charge in [0.2, 0.25) is 11.8 Å². The highest BCUT2D eigenvalue weighted by molar-refractivity contribution is 5.81. The van der Waals surface area contributed by atoms with Crippen molar-refractivity contribution in [1.82, 2.24) is 15.5 Å². The van der Waals surface area contributed by atoms with Gasteiger partial charge < -0.3 is 20.7 Å². The second kappa shape index (κ2) is 6.85. The van der Waals surface area contributed by atoms with Crippen LogP contribution in [0.5, 0.6) is 5.75 Å². The molecule has 4 N–H and O–H groups in total. The van der Waals surface area contributed by atoms with E-state index in [9.17, 15) is 9.90 Å². The summed E-state index contributed by atoms with van der Waals surface area (Å²) >= 11 is 0. The molecule has 1 amide bonds. The molecular formula is C14H18N4O3. The first kappa shape index (κ1) is 15.0.